The van der Waals surface area contributed by atoms with Crippen molar-refractivity contribution in [2.75, 3.05) is 6.61 Å². The van der Waals surface area contributed by atoms with E-state index in [9.17, 15) is 0 Å². The van der Waals surface area contributed by atoms with Crippen molar-refractivity contribution in [3.63, 3.8) is 0 Å². The van der Waals surface area contributed by atoms with Gasteiger partial charge in [0.25, 0.3) is 0 Å². The molecular formula is C15H11NO. The Balaban J connectivity index is 2.23. The van der Waals surface area contributed by atoms with Crippen LogP contribution in [0, 0.1) is 0 Å². The van der Waals surface area contributed by atoms with Gasteiger partial charge in [-0.15, -0.1) is 0 Å². The summed E-state index contributed by atoms with van der Waals surface area (Å²) in [5.74, 6) is 0. The van der Waals surface area contributed by atoms with Gasteiger partial charge in [0.15, 0.2) is 0 Å². The van der Waals surface area contributed by atoms with Crippen LogP contribution in [0.4, 0.5) is 0 Å². The average molecular weight is 221 g/mol. The molecule has 17 heavy (non-hydrogen) atoms. The molecule has 1 saturated heterocycles. The Bertz CT molecular complexity index is 662. The molecule has 0 aliphatic carbocycles. The van der Waals surface area contributed by atoms with Crippen molar-refractivity contribution in [2.24, 2.45) is 0 Å². The van der Waals surface area contributed by atoms with Gasteiger partial charge in [0.1, 0.15) is 6.10 Å². The van der Waals surface area contributed by atoms with Gasteiger partial charge in [-0.2, -0.15) is 0 Å². The van der Waals surface area contributed by atoms with E-state index in [0.29, 0.717) is 0 Å². The van der Waals surface area contributed by atoms with Crippen LogP contribution in [-0.2, 0) is 4.74 Å². The van der Waals surface area contributed by atoms with Gasteiger partial charge < -0.3 is 4.74 Å². The molecule has 0 N–H and O–H groups in total. The van der Waals surface area contributed by atoms with E-state index in [4.69, 9.17) is 9.72 Å². The molecule has 4 rings (SSSR count). The number of aromatic nitrogens is 1. The van der Waals surface area contributed by atoms with Gasteiger partial charge in [-0.25, -0.2) is 4.98 Å². The average Bonchev–Trinajstić information content (AvgIpc) is 3.20. The van der Waals surface area contributed by atoms with Crippen LogP contribution in [0.3, 0.4) is 0 Å². The van der Waals surface area contributed by atoms with Gasteiger partial charge in [0.2, 0.25) is 0 Å². The van der Waals surface area contributed by atoms with Gasteiger partial charge in [-0.3, -0.25) is 0 Å². The Labute approximate surface area is 98.9 Å². The van der Waals surface area contributed by atoms with Crippen LogP contribution in [0.15, 0.2) is 48.5 Å². The van der Waals surface area contributed by atoms with Gasteiger partial charge >= 0.3 is 0 Å². The number of hydrogen-bond donors (Lipinski definition) is 0. The van der Waals surface area contributed by atoms with Crippen LogP contribution in [0.1, 0.15) is 11.7 Å². The minimum absolute atomic E-state index is 0.257. The Morgan fingerprint density at radius 1 is 0.882 bits per heavy atom. The summed E-state index contributed by atoms with van der Waals surface area (Å²) < 4.78 is 5.48. The minimum Gasteiger partial charge on any atom is -0.368 e. The lowest BCUT2D eigenvalue weighted by molar-refractivity contribution is 0.418. The van der Waals surface area contributed by atoms with E-state index >= 15 is 0 Å². The van der Waals surface area contributed by atoms with Gasteiger partial charge in [0.05, 0.1) is 17.6 Å². The summed E-state index contributed by atoms with van der Waals surface area (Å²) >= 11 is 0. The summed E-state index contributed by atoms with van der Waals surface area (Å²) in [6.07, 6.45) is 0.257. The van der Waals surface area contributed by atoms with Crippen molar-refractivity contribution in [1.29, 1.82) is 0 Å². The fraction of sp³-hybridized carbons (Fsp3) is 0.133. The number of nitrogens with zero attached hydrogens (tertiary/aromatic N) is 1. The van der Waals surface area contributed by atoms with Crippen molar-refractivity contribution >= 4 is 21.8 Å². The number of hydrogen-bond acceptors (Lipinski definition) is 2. The molecular weight excluding hydrogens is 210 g/mol. The van der Waals surface area contributed by atoms with Crippen molar-refractivity contribution in [2.45, 2.75) is 6.10 Å². The first-order chi connectivity index (χ1) is 8.43. The molecule has 2 aromatic carbocycles. The fourth-order valence-electron chi connectivity index (χ4n) is 2.43. The molecule has 0 bridgehead atoms. The largest absolute Gasteiger partial charge is 0.368 e. The maximum atomic E-state index is 5.48. The monoisotopic (exact) mass is 221 g/mol. The predicted octanol–water partition coefficient (Wildman–Crippen LogP) is 3.46. The number of epoxide rings is 1. The Kier molecular flexibility index (Phi) is 1.76. The van der Waals surface area contributed by atoms with Gasteiger partial charge in [-0.05, 0) is 12.1 Å². The first-order valence-corrected chi connectivity index (χ1v) is 5.82. The molecule has 0 saturated carbocycles. The molecule has 82 valence electrons. The molecule has 1 aromatic heterocycles. The Morgan fingerprint density at radius 2 is 1.41 bits per heavy atom. The maximum Gasteiger partial charge on any atom is 0.107 e. The van der Waals surface area contributed by atoms with Crippen molar-refractivity contribution < 1.29 is 4.74 Å². The lowest BCUT2D eigenvalue weighted by atomic mass is 10.0. The fourth-order valence-corrected chi connectivity index (χ4v) is 2.43. The first-order valence-electron chi connectivity index (χ1n) is 5.82. The van der Waals surface area contributed by atoms with Crippen LogP contribution in [0.2, 0.25) is 0 Å². The highest BCUT2D eigenvalue weighted by molar-refractivity contribution is 5.98. The maximum absolute atomic E-state index is 5.48. The highest BCUT2D eigenvalue weighted by atomic mass is 16.6. The quantitative estimate of drug-likeness (QED) is 0.464. The van der Waals surface area contributed by atoms with Crippen molar-refractivity contribution in [3.8, 4) is 0 Å². The van der Waals surface area contributed by atoms with Crippen LogP contribution in [0.5, 0.6) is 0 Å². The molecule has 1 aliphatic rings. The molecule has 0 radical (unpaired) electrons. The molecule has 0 amide bonds. The Morgan fingerprint density at radius 3 is 1.94 bits per heavy atom. The van der Waals surface area contributed by atoms with Gasteiger partial charge in [-0.1, -0.05) is 36.4 Å². The van der Waals surface area contributed by atoms with E-state index in [1.807, 2.05) is 12.1 Å². The van der Waals surface area contributed by atoms with E-state index in [2.05, 4.69) is 36.4 Å². The number of para-hydroxylation sites is 2. The number of ether oxygens (including phenoxy) is 1. The van der Waals surface area contributed by atoms with E-state index < -0.39 is 0 Å². The van der Waals surface area contributed by atoms with E-state index in [1.54, 1.807) is 0 Å². The second-order valence-corrected chi connectivity index (χ2v) is 4.38. The smallest absolute Gasteiger partial charge is 0.107 e. The molecule has 1 aliphatic heterocycles. The molecule has 1 fully saturated rings. The molecule has 2 nitrogen and oxygen atoms in total. The van der Waals surface area contributed by atoms with E-state index in [0.717, 1.165) is 17.6 Å². The van der Waals surface area contributed by atoms with Crippen LogP contribution in [-0.4, -0.2) is 11.6 Å². The number of benzene rings is 2. The lowest BCUT2D eigenvalue weighted by Crippen LogP contribution is -1.91. The molecule has 1 atom stereocenters. The zero-order valence-electron chi connectivity index (χ0n) is 9.26. The highest BCUT2D eigenvalue weighted by Crippen LogP contribution is 2.38. The van der Waals surface area contributed by atoms with Crippen LogP contribution in [0.25, 0.3) is 21.8 Å². The zero-order chi connectivity index (χ0) is 11.2. The summed E-state index contributed by atoms with van der Waals surface area (Å²) in [6, 6.07) is 16.6. The normalized spacial score (nSPS) is 18.7. The summed E-state index contributed by atoms with van der Waals surface area (Å²) in [4.78, 5) is 4.69. The molecule has 3 aromatic rings. The van der Waals surface area contributed by atoms with Crippen LogP contribution >= 0.6 is 0 Å². The SMILES string of the molecule is c1ccc2c(C3CO3)c3ccccc3nc2c1. The predicted molar refractivity (Wildman–Crippen MR) is 67.9 cm³/mol. The number of rotatable bonds is 1. The number of fused-ring (bicyclic) bond motifs is 2. The third kappa shape index (κ3) is 1.34. The first kappa shape index (κ1) is 9.14. The topological polar surface area (TPSA) is 25.4 Å². The van der Waals surface area contributed by atoms with Crippen molar-refractivity contribution in [1.82, 2.24) is 4.98 Å². The number of pyridine rings is 1. The van der Waals surface area contributed by atoms with E-state index in [1.165, 1.54) is 16.3 Å². The highest BCUT2D eigenvalue weighted by Gasteiger charge is 2.28. The Hall–Kier alpha value is -1.93. The summed E-state index contributed by atoms with van der Waals surface area (Å²) in [5, 5.41) is 2.43. The third-order valence-electron chi connectivity index (χ3n) is 3.28. The summed E-state index contributed by atoms with van der Waals surface area (Å²) in [7, 11) is 0. The second-order valence-electron chi connectivity index (χ2n) is 4.38. The minimum atomic E-state index is 0.257. The molecule has 2 heterocycles. The standard InChI is InChI=1S/C15H11NO/c1-3-7-12-10(5-1)15(14-9-17-14)11-6-2-4-8-13(11)16-12/h1-8,14H,9H2. The lowest BCUT2D eigenvalue weighted by Gasteiger charge is -2.08. The van der Waals surface area contributed by atoms with Gasteiger partial charge in [0, 0.05) is 16.3 Å². The van der Waals surface area contributed by atoms with Crippen LogP contribution < -0.4 is 0 Å². The molecule has 2 heteroatoms. The zero-order valence-corrected chi connectivity index (χ0v) is 9.26. The molecule has 1 unspecified atom stereocenters. The molecule has 0 spiro atoms. The summed E-state index contributed by atoms with van der Waals surface area (Å²) in [6.45, 7) is 0.831. The van der Waals surface area contributed by atoms with E-state index in [-0.39, 0.29) is 6.10 Å². The third-order valence-corrected chi connectivity index (χ3v) is 3.28. The second kappa shape index (κ2) is 3.28. The summed E-state index contributed by atoms with van der Waals surface area (Å²) in [5.41, 5.74) is 3.40. The van der Waals surface area contributed by atoms with Crippen molar-refractivity contribution in [3.05, 3.63) is 54.1 Å².